The van der Waals surface area contributed by atoms with Crippen LogP contribution in [-0.4, -0.2) is 42.2 Å². The zero-order chi connectivity index (χ0) is 27.9. The summed E-state index contributed by atoms with van der Waals surface area (Å²) in [6.45, 7) is 4.14. The third-order valence-electron chi connectivity index (χ3n) is 5.53. The molecule has 0 aliphatic heterocycles. The molecule has 3 N–H and O–H groups in total. The molecule has 0 fully saturated rings. The monoisotopic (exact) mass is 609 g/mol. The molecule has 1 aromatic heterocycles. The second kappa shape index (κ2) is 12.5. The van der Waals surface area contributed by atoms with Gasteiger partial charge in [-0.15, -0.1) is 10.2 Å². The molecule has 13 heteroatoms. The molecule has 4 rings (SSSR count). The predicted octanol–water partition coefficient (Wildman–Crippen LogP) is 5.20. The van der Waals surface area contributed by atoms with E-state index in [9.17, 15) is 20.0 Å². The lowest BCUT2D eigenvalue weighted by atomic mass is 10.2. The maximum atomic E-state index is 12.8. The number of phenols is 1. The van der Waals surface area contributed by atoms with Crippen LogP contribution in [0.15, 0.2) is 81.5 Å². The van der Waals surface area contributed by atoms with Crippen molar-refractivity contribution >= 4 is 51.2 Å². The first-order valence-electron chi connectivity index (χ1n) is 11.7. The Balaban J connectivity index is 1.48. The molecule has 11 nitrogen and oxygen atoms in total. The summed E-state index contributed by atoms with van der Waals surface area (Å²) in [6.07, 6.45) is 1.14. The van der Waals surface area contributed by atoms with E-state index in [4.69, 9.17) is 0 Å². The minimum absolute atomic E-state index is 0.0752. The number of hydrogen-bond donors (Lipinski definition) is 3. The van der Waals surface area contributed by atoms with E-state index in [0.717, 1.165) is 23.2 Å². The molecular weight excluding hydrogens is 586 g/mol. The largest absolute Gasteiger partial charge is 0.502 e. The van der Waals surface area contributed by atoms with Crippen LogP contribution >= 0.6 is 27.7 Å². The molecule has 0 bridgehead atoms. The normalized spacial score (nSPS) is 11.9. The van der Waals surface area contributed by atoms with Crippen molar-refractivity contribution in [3.05, 3.63) is 98.3 Å². The molecule has 0 aliphatic rings. The van der Waals surface area contributed by atoms with Crippen LogP contribution in [0.4, 0.5) is 11.4 Å². The topological polar surface area (TPSA) is 148 Å². The Hall–Kier alpha value is -4.23. The van der Waals surface area contributed by atoms with Crippen LogP contribution in [0.3, 0.4) is 0 Å². The third-order valence-corrected chi connectivity index (χ3v) is 7.03. The minimum atomic E-state index is -0.706. The van der Waals surface area contributed by atoms with Crippen molar-refractivity contribution in [3.63, 3.8) is 0 Å². The Morgan fingerprint density at radius 1 is 1.21 bits per heavy atom. The molecule has 0 spiro atoms. The average Bonchev–Trinajstić information content (AvgIpc) is 3.32. The third kappa shape index (κ3) is 7.00. The number of carbonyl (C=O) groups is 1. The first kappa shape index (κ1) is 27.8. The highest BCUT2D eigenvalue weighted by atomic mass is 79.9. The molecule has 0 unspecified atom stereocenters. The molecule has 0 saturated heterocycles. The van der Waals surface area contributed by atoms with Crippen LogP contribution in [0, 0.1) is 17.0 Å². The van der Waals surface area contributed by atoms with Gasteiger partial charge in [0.15, 0.2) is 11.0 Å². The molecular formula is C26H24BrN7O4S. The summed E-state index contributed by atoms with van der Waals surface area (Å²) in [7, 11) is 0. The van der Waals surface area contributed by atoms with Gasteiger partial charge in [-0.3, -0.25) is 19.5 Å². The van der Waals surface area contributed by atoms with Crippen LogP contribution in [0.1, 0.15) is 23.9 Å². The van der Waals surface area contributed by atoms with Gasteiger partial charge in [-0.05, 0) is 44.2 Å². The number of aromatic nitrogens is 3. The van der Waals surface area contributed by atoms with Crippen molar-refractivity contribution in [1.29, 1.82) is 0 Å². The van der Waals surface area contributed by atoms with Crippen LogP contribution in [0.2, 0.25) is 0 Å². The molecule has 0 radical (unpaired) electrons. The fourth-order valence-electron chi connectivity index (χ4n) is 3.49. The zero-order valence-corrected chi connectivity index (χ0v) is 23.3. The molecule has 1 heterocycles. The number of nitro benzene ring substituents is 1. The van der Waals surface area contributed by atoms with Crippen molar-refractivity contribution in [2.24, 2.45) is 5.10 Å². The summed E-state index contributed by atoms with van der Waals surface area (Å²) in [5.74, 6) is -0.310. The SMILES string of the molecule is Cc1ccc(NCc2nnc(S[C@@H](C)C(=O)N/N=C\c3cc(Br)cc([N+](=O)[O-])c3O)n2-c2ccccc2)cc1. The van der Waals surface area contributed by atoms with Crippen molar-refractivity contribution in [3.8, 4) is 11.4 Å². The Morgan fingerprint density at radius 2 is 1.92 bits per heavy atom. The smallest absolute Gasteiger partial charge is 0.312 e. The number of carbonyl (C=O) groups excluding carboxylic acids is 1. The summed E-state index contributed by atoms with van der Waals surface area (Å²) < 4.78 is 2.27. The number of thioether (sulfide) groups is 1. The number of hydrogen-bond acceptors (Lipinski definition) is 9. The highest BCUT2D eigenvalue weighted by Gasteiger charge is 2.22. The first-order valence-corrected chi connectivity index (χ1v) is 13.4. The van der Waals surface area contributed by atoms with Gasteiger partial charge >= 0.3 is 5.69 Å². The predicted molar refractivity (Wildman–Crippen MR) is 153 cm³/mol. The fraction of sp³-hybridized carbons (Fsp3) is 0.154. The van der Waals surface area contributed by atoms with Crippen molar-refractivity contribution in [2.75, 3.05) is 5.32 Å². The van der Waals surface area contributed by atoms with Gasteiger partial charge in [-0.25, -0.2) is 5.43 Å². The molecule has 200 valence electrons. The summed E-state index contributed by atoms with van der Waals surface area (Å²) in [5.41, 5.74) is 4.97. The molecule has 39 heavy (non-hydrogen) atoms. The number of anilines is 1. The highest BCUT2D eigenvalue weighted by Crippen LogP contribution is 2.32. The van der Waals surface area contributed by atoms with Gasteiger partial charge in [-0.1, -0.05) is 63.6 Å². The van der Waals surface area contributed by atoms with E-state index in [2.05, 4.69) is 42.0 Å². The fourth-order valence-corrected chi connectivity index (χ4v) is 4.83. The van der Waals surface area contributed by atoms with Gasteiger partial charge in [0.05, 0.1) is 22.9 Å². The summed E-state index contributed by atoms with van der Waals surface area (Å²) in [6, 6.07) is 20.3. The number of phenolic OH excluding ortho intramolecular Hbond substituents is 1. The summed E-state index contributed by atoms with van der Waals surface area (Å²) in [5, 5.41) is 37.1. The lowest BCUT2D eigenvalue weighted by molar-refractivity contribution is -0.385. The van der Waals surface area contributed by atoms with Crippen molar-refractivity contribution in [1.82, 2.24) is 20.2 Å². The van der Waals surface area contributed by atoms with Gasteiger partial charge in [0.25, 0.3) is 5.91 Å². The lowest BCUT2D eigenvalue weighted by Gasteiger charge is -2.13. The standard InChI is InChI=1S/C26H24BrN7O4S/c1-16-8-10-20(11-9-16)28-15-23-30-32-26(33(23)21-6-4-3-5-7-21)39-17(2)25(36)31-29-14-18-12-19(27)13-22(24(18)35)34(37)38/h3-14,17,28,35H,15H2,1-2H3,(H,31,36)/b29-14-/t17-/m0/s1. The van der Waals surface area contributed by atoms with Crippen molar-refractivity contribution < 1.29 is 14.8 Å². The number of hydrazone groups is 1. The van der Waals surface area contributed by atoms with Gasteiger partial charge < -0.3 is 10.4 Å². The van der Waals surface area contributed by atoms with Gasteiger partial charge in [0.2, 0.25) is 5.75 Å². The molecule has 0 saturated carbocycles. The number of nitrogens with zero attached hydrogens (tertiary/aromatic N) is 5. The molecule has 4 aromatic rings. The van der Waals surface area contributed by atoms with Crippen LogP contribution < -0.4 is 10.7 Å². The van der Waals surface area contributed by atoms with Crippen LogP contribution in [0.5, 0.6) is 5.75 Å². The Morgan fingerprint density at radius 3 is 2.62 bits per heavy atom. The summed E-state index contributed by atoms with van der Waals surface area (Å²) in [4.78, 5) is 23.2. The molecule has 0 aliphatic carbocycles. The number of para-hydroxylation sites is 1. The van der Waals surface area contributed by atoms with Gasteiger partial charge in [0, 0.05) is 27.5 Å². The Bertz CT molecular complexity index is 1510. The van der Waals surface area contributed by atoms with E-state index in [1.807, 2.05) is 66.1 Å². The number of rotatable bonds is 10. The quantitative estimate of drug-likeness (QED) is 0.0962. The van der Waals surface area contributed by atoms with E-state index < -0.39 is 27.5 Å². The number of benzene rings is 3. The van der Waals surface area contributed by atoms with Crippen molar-refractivity contribution in [2.45, 2.75) is 30.8 Å². The Labute approximate surface area is 236 Å². The maximum Gasteiger partial charge on any atom is 0.312 e. The number of amides is 1. The van der Waals surface area contributed by atoms with E-state index in [1.54, 1.807) is 6.92 Å². The van der Waals surface area contributed by atoms with Gasteiger partial charge in [0.1, 0.15) is 0 Å². The van der Waals surface area contributed by atoms with E-state index in [-0.39, 0.29) is 5.56 Å². The Kier molecular flexibility index (Phi) is 8.94. The average molecular weight is 610 g/mol. The molecule has 1 amide bonds. The summed E-state index contributed by atoms with van der Waals surface area (Å²) >= 11 is 4.37. The number of halogens is 1. The van der Waals surface area contributed by atoms with E-state index >= 15 is 0 Å². The zero-order valence-electron chi connectivity index (χ0n) is 20.9. The highest BCUT2D eigenvalue weighted by molar-refractivity contribution is 9.10. The van der Waals surface area contributed by atoms with E-state index in [0.29, 0.717) is 22.0 Å². The molecule has 1 atom stereocenters. The van der Waals surface area contributed by atoms with Crippen LogP contribution in [-0.2, 0) is 11.3 Å². The lowest BCUT2D eigenvalue weighted by Crippen LogP contribution is -2.27. The van der Waals surface area contributed by atoms with Crippen LogP contribution in [0.25, 0.3) is 5.69 Å². The number of aryl methyl sites for hydroxylation is 1. The second-order valence-corrected chi connectivity index (χ2v) is 10.6. The van der Waals surface area contributed by atoms with E-state index in [1.165, 1.54) is 23.9 Å². The minimum Gasteiger partial charge on any atom is -0.502 e. The first-order chi connectivity index (χ1) is 18.7. The number of nitro groups is 1. The van der Waals surface area contributed by atoms with Gasteiger partial charge in [-0.2, -0.15) is 5.10 Å². The molecule has 3 aromatic carbocycles. The number of aromatic hydroxyl groups is 1. The second-order valence-electron chi connectivity index (χ2n) is 8.40. The maximum absolute atomic E-state index is 12.8. The number of nitrogens with one attached hydrogen (secondary N) is 2.